The first kappa shape index (κ1) is 18.7. The topological polar surface area (TPSA) is 66.6 Å². The van der Waals surface area contributed by atoms with Crippen molar-refractivity contribution in [2.45, 2.75) is 32.7 Å². The molecule has 1 fully saturated rings. The maximum Gasteiger partial charge on any atom is 0.248 e. The van der Waals surface area contributed by atoms with E-state index in [0.29, 0.717) is 5.56 Å². The molecule has 2 aromatic rings. The summed E-state index contributed by atoms with van der Waals surface area (Å²) in [6, 6.07) is 15.9. The molecule has 5 heteroatoms. The van der Waals surface area contributed by atoms with Gasteiger partial charge < -0.3 is 10.6 Å². The number of para-hydroxylation sites is 1. The number of nitrogens with two attached hydrogens (primary N) is 1. The number of hydrogen-bond acceptors (Lipinski definition) is 3. The van der Waals surface area contributed by atoms with E-state index in [9.17, 15) is 9.59 Å². The Morgan fingerprint density at radius 1 is 1.07 bits per heavy atom. The summed E-state index contributed by atoms with van der Waals surface area (Å²) in [5.41, 5.74) is 9.60. The molecule has 2 aromatic carbocycles. The van der Waals surface area contributed by atoms with Crippen molar-refractivity contribution in [3.63, 3.8) is 0 Å². The first-order chi connectivity index (χ1) is 13.5. The van der Waals surface area contributed by atoms with Crippen LogP contribution in [0.15, 0.2) is 48.5 Å². The van der Waals surface area contributed by atoms with Gasteiger partial charge in [0, 0.05) is 31.3 Å². The lowest BCUT2D eigenvalue weighted by atomic mass is 9.71. The molecule has 1 saturated heterocycles. The average molecular weight is 377 g/mol. The molecule has 0 radical (unpaired) electrons. The molecule has 0 atom stereocenters. The van der Waals surface area contributed by atoms with Crippen molar-refractivity contribution in [2.24, 2.45) is 11.1 Å². The number of nitrogens with zero attached hydrogens (tertiary/aromatic N) is 2. The first-order valence-corrected chi connectivity index (χ1v) is 9.93. The molecule has 146 valence electrons. The van der Waals surface area contributed by atoms with Crippen LogP contribution in [0.5, 0.6) is 0 Å². The van der Waals surface area contributed by atoms with Crippen LogP contribution in [-0.2, 0) is 17.8 Å². The van der Waals surface area contributed by atoms with Crippen LogP contribution in [0.1, 0.15) is 41.3 Å². The standard InChI is InChI=1S/C23H27N3O2/c1-17(27)26-16-23(14-20-6-2-3-8-21(20)26)9-11-25(12-10-23)15-18-5-4-7-19(13-18)22(24)28/h2-8,13H,9-12,14-16H2,1H3,(H2,24,28). The molecule has 5 nitrogen and oxygen atoms in total. The Labute approximate surface area is 166 Å². The van der Waals surface area contributed by atoms with Crippen molar-refractivity contribution >= 4 is 17.5 Å². The summed E-state index contributed by atoms with van der Waals surface area (Å²) in [5, 5.41) is 0. The molecule has 4 rings (SSSR count). The van der Waals surface area contributed by atoms with Gasteiger partial charge in [0.1, 0.15) is 0 Å². The van der Waals surface area contributed by atoms with Crippen molar-refractivity contribution in [3.8, 4) is 0 Å². The number of hydrogen-bond donors (Lipinski definition) is 1. The predicted molar refractivity (Wildman–Crippen MR) is 110 cm³/mol. The number of amides is 2. The molecule has 0 aliphatic carbocycles. The number of fused-ring (bicyclic) bond motifs is 1. The highest BCUT2D eigenvalue weighted by molar-refractivity contribution is 5.93. The van der Waals surface area contributed by atoms with Crippen molar-refractivity contribution in [1.29, 1.82) is 0 Å². The summed E-state index contributed by atoms with van der Waals surface area (Å²) in [6.07, 6.45) is 3.18. The smallest absolute Gasteiger partial charge is 0.248 e. The number of anilines is 1. The Morgan fingerprint density at radius 2 is 1.82 bits per heavy atom. The molecule has 0 bridgehead atoms. The summed E-state index contributed by atoms with van der Waals surface area (Å²) in [4.78, 5) is 28.1. The second kappa shape index (κ2) is 7.40. The third-order valence-electron chi connectivity index (χ3n) is 6.26. The molecule has 2 aliphatic heterocycles. The Morgan fingerprint density at radius 3 is 2.54 bits per heavy atom. The molecule has 1 spiro atoms. The molecule has 2 aliphatic rings. The minimum absolute atomic E-state index is 0.122. The summed E-state index contributed by atoms with van der Waals surface area (Å²) >= 11 is 0. The van der Waals surface area contributed by atoms with Gasteiger partial charge in [-0.05, 0) is 67.1 Å². The van der Waals surface area contributed by atoms with Crippen LogP contribution >= 0.6 is 0 Å². The van der Waals surface area contributed by atoms with E-state index in [4.69, 9.17) is 5.73 Å². The highest BCUT2D eigenvalue weighted by atomic mass is 16.2. The molecule has 2 heterocycles. The highest BCUT2D eigenvalue weighted by Crippen LogP contribution is 2.43. The number of likely N-dealkylation sites (tertiary alicyclic amines) is 1. The van der Waals surface area contributed by atoms with Gasteiger partial charge >= 0.3 is 0 Å². The fourth-order valence-electron chi connectivity index (χ4n) is 4.69. The number of primary amides is 1. The normalized spacial score (nSPS) is 18.7. The summed E-state index contributed by atoms with van der Waals surface area (Å²) in [7, 11) is 0. The van der Waals surface area contributed by atoms with E-state index in [2.05, 4.69) is 23.1 Å². The Balaban J connectivity index is 1.46. The Bertz CT molecular complexity index is 900. The first-order valence-electron chi connectivity index (χ1n) is 9.93. The van der Waals surface area contributed by atoms with Gasteiger partial charge in [-0.2, -0.15) is 0 Å². The van der Waals surface area contributed by atoms with Gasteiger partial charge in [0.2, 0.25) is 11.8 Å². The number of carbonyl (C=O) groups is 2. The fourth-order valence-corrected chi connectivity index (χ4v) is 4.69. The largest absolute Gasteiger partial charge is 0.366 e. The van der Waals surface area contributed by atoms with E-state index in [1.807, 2.05) is 29.2 Å². The minimum Gasteiger partial charge on any atom is -0.366 e. The molecule has 2 amide bonds. The number of rotatable bonds is 3. The highest BCUT2D eigenvalue weighted by Gasteiger charge is 2.41. The van der Waals surface area contributed by atoms with Crippen molar-refractivity contribution in [1.82, 2.24) is 4.90 Å². The van der Waals surface area contributed by atoms with Gasteiger partial charge in [-0.1, -0.05) is 30.3 Å². The van der Waals surface area contributed by atoms with E-state index in [-0.39, 0.29) is 17.2 Å². The van der Waals surface area contributed by atoms with Crippen LogP contribution in [0.3, 0.4) is 0 Å². The van der Waals surface area contributed by atoms with E-state index in [1.165, 1.54) is 5.56 Å². The van der Waals surface area contributed by atoms with Crippen LogP contribution < -0.4 is 10.6 Å². The van der Waals surface area contributed by atoms with Gasteiger partial charge in [0.05, 0.1) is 0 Å². The van der Waals surface area contributed by atoms with Gasteiger partial charge in [0.25, 0.3) is 0 Å². The molecule has 0 unspecified atom stereocenters. The van der Waals surface area contributed by atoms with Crippen molar-refractivity contribution < 1.29 is 9.59 Å². The lowest BCUT2D eigenvalue weighted by Gasteiger charge is -2.48. The maximum absolute atomic E-state index is 12.3. The van der Waals surface area contributed by atoms with Crippen molar-refractivity contribution in [3.05, 3.63) is 65.2 Å². The van der Waals surface area contributed by atoms with Crippen LogP contribution in [0.25, 0.3) is 0 Å². The van der Waals surface area contributed by atoms with Crippen LogP contribution in [0, 0.1) is 5.41 Å². The van der Waals surface area contributed by atoms with E-state index < -0.39 is 0 Å². The Kier molecular flexibility index (Phi) is 4.94. The van der Waals surface area contributed by atoms with E-state index in [0.717, 1.165) is 56.7 Å². The number of piperidine rings is 1. The van der Waals surface area contributed by atoms with Crippen molar-refractivity contribution in [2.75, 3.05) is 24.5 Å². The SMILES string of the molecule is CC(=O)N1CC2(CCN(Cc3cccc(C(N)=O)c3)CC2)Cc2ccccc21. The van der Waals surface area contributed by atoms with Gasteiger partial charge in [-0.3, -0.25) is 14.5 Å². The molecule has 2 N–H and O–H groups in total. The van der Waals surface area contributed by atoms with Gasteiger partial charge in [-0.25, -0.2) is 0 Å². The zero-order valence-electron chi connectivity index (χ0n) is 16.4. The summed E-state index contributed by atoms with van der Waals surface area (Å²) < 4.78 is 0. The number of benzene rings is 2. The molecular weight excluding hydrogens is 350 g/mol. The van der Waals surface area contributed by atoms with Gasteiger partial charge in [0.15, 0.2) is 0 Å². The lowest BCUT2D eigenvalue weighted by molar-refractivity contribution is -0.117. The van der Waals surface area contributed by atoms with Crippen LogP contribution in [0.4, 0.5) is 5.69 Å². The van der Waals surface area contributed by atoms with Crippen LogP contribution in [-0.4, -0.2) is 36.3 Å². The monoisotopic (exact) mass is 377 g/mol. The quantitative estimate of drug-likeness (QED) is 0.894. The Hall–Kier alpha value is -2.66. The summed E-state index contributed by atoms with van der Waals surface area (Å²) in [6.45, 7) is 5.29. The third-order valence-corrected chi connectivity index (χ3v) is 6.26. The zero-order chi connectivity index (χ0) is 19.7. The molecule has 28 heavy (non-hydrogen) atoms. The van der Waals surface area contributed by atoms with E-state index >= 15 is 0 Å². The predicted octanol–water partition coefficient (Wildman–Crippen LogP) is 2.98. The zero-order valence-corrected chi connectivity index (χ0v) is 16.4. The lowest BCUT2D eigenvalue weighted by Crippen LogP contribution is -2.51. The number of carbonyl (C=O) groups excluding carboxylic acids is 2. The molecular formula is C23H27N3O2. The molecule has 0 saturated carbocycles. The van der Waals surface area contributed by atoms with Crippen LogP contribution in [0.2, 0.25) is 0 Å². The van der Waals surface area contributed by atoms with Gasteiger partial charge in [-0.15, -0.1) is 0 Å². The minimum atomic E-state index is -0.385. The second-order valence-electron chi connectivity index (χ2n) is 8.25. The van der Waals surface area contributed by atoms with E-state index in [1.54, 1.807) is 13.0 Å². The average Bonchev–Trinajstić information content (AvgIpc) is 2.69. The fraction of sp³-hybridized carbons (Fsp3) is 0.391. The summed E-state index contributed by atoms with van der Waals surface area (Å²) in [5.74, 6) is -0.262. The second-order valence-corrected chi connectivity index (χ2v) is 8.25. The maximum atomic E-state index is 12.3. The molecule has 0 aromatic heterocycles. The third kappa shape index (κ3) is 3.67.